The van der Waals surface area contributed by atoms with Crippen LogP contribution in [-0.4, -0.2) is 87.1 Å². The molecule has 2 aliphatic heterocycles. The van der Waals surface area contributed by atoms with Crippen molar-refractivity contribution in [3.05, 3.63) is 81.6 Å². The fourth-order valence-corrected chi connectivity index (χ4v) is 9.01. The van der Waals surface area contributed by atoms with Crippen molar-refractivity contribution in [3.8, 4) is 0 Å². The summed E-state index contributed by atoms with van der Waals surface area (Å²) in [6.45, 7) is 5.17. The van der Waals surface area contributed by atoms with Gasteiger partial charge in [0.2, 0.25) is 11.8 Å². The molecule has 300 valence electrons. The number of carbonyl (C=O) groups is 5. The zero-order valence-corrected chi connectivity index (χ0v) is 32.4. The van der Waals surface area contributed by atoms with Crippen molar-refractivity contribution in [2.45, 2.75) is 76.1 Å². The quantitative estimate of drug-likeness (QED) is 0.134. The molecule has 2 aromatic heterocycles. The van der Waals surface area contributed by atoms with Crippen LogP contribution in [0, 0.1) is 5.92 Å². The van der Waals surface area contributed by atoms with E-state index in [0.29, 0.717) is 35.8 Å². The van der Waals surface area contributed by atoms with Crippen LogP contribution in [0.4, 0.5) is 24.5 Å². The van der Waals surface area contributed by atoms with E-state index in [1.54, 1.807) is 44.2 Å². The summed E-state index contributed by atoms with van der Waals surface area (Å²) in [5, 5.41) is 20.1. The number of pyridine rings is 1. The molecular weight excluding hydrogens is 764 g/mol. The first-order valence-electron chi connectivity index (χ1n) is 18.8. The van der Waals surface area contributed by atoms with E-state index in [0.717, 1.165) is 59.0 Å². The molecule has 17 heteroatoms. The minimum absolute atomic E-state index is 0.0521. The zero-order valence-electron chi connectivity index (χ0n) is 31.5. The van der Waals surface area contributed by atoms with Gasteiger partial charge in [-0.25, -0.2) is 9.97 Å². The number of hydrogen-bond donors (Lipinski definition) is 4. The summed E-state index contributed by atoms with van der Waals surface area (Å²) in [6, 6.07) is 10.5. The maximum absolute atomic E-state index is 13.4. The van der Waals surface area contributed by atoms with Crippen LogP contribution in [-0.2, 0) is 21.4 Å². The van der Waals surface area contributed by atoms with E-state index in [4.69, 9.17) is 4.98 Å². The van der Waals surface area contributed by atoms with E-state index in [2.05, 4.69) is 25.8 Å². The first-order chi connectivity index (χ1) is 27.0. The Bertz CT molecular complexity index is 2260. The molecule has 2 aromatic carbocycles. The largest absolute Gasteiger partial charge is 0.433 e. The fourth-order valence-electron chi connectivity index (χ4n) is 7.85. The van der Waals surface area contributed by atoms with Crippen molar-refractivity contribution < 1.29 is 42.3 Å². The molecule has 1 atom stereocenters. The third-order valence-electron chi connectivity index (χ3n) is 10.8. The smallest absolute Gasteiger partial charge is 0.386 e. The van der Waals surface area contributed by atoms with Crippen LogP contribution in [0.25, 0.3) is 10.2 Å². The Hall–Kier alpha value is -5.26. The highest BCUT2D eigenvalue weighted by Crippen LogP contribution is 2.42. The Kier molecular flexibility index (Phi) is 10.9. The Morgan fingerprint density at radius 1 is 0.982 bits per heavy atom. The number of likely N-dealkylation sites (N-methyl/N-ethyl adjacent to an activating group) is 1. The van der Waals surface area contributed by atoms with Gasteiger partial charge in [0.15, 0.2) is 0 Å². The second-order valence-corrected chi connectivity index (χ2v) is 16.5. The molecule has 0 spiro atoms. The third kappa shape index (κ3) is 8.41. The maximum atomic E-state index is 13.4. The molecule has 1 aliphatic carbocycles. The van der Waals surface area contributed by atoms with Gasteiger partial charge in [-0.2, -0.15) is 13.2 Å². The monoisotopic (exact) mass is 805 g/mol. The molecule has 0 bridgehead atoms. The van der Waals surface area contributed by atoms with E-state index in [1.165, 1.54) is 17.4 Å². The van der Waals surface area contributed by atoms with Crippen molar-refractivity contribution in [2.75, 3.05) is 37.3 Å². The highest BCUT2D eigenvalue weighted by atomic mass is 32.1. The number of benzene rings is 2. The molecule has 0 radical (unpaired) electrons. The van der Waals surface area contributed by atoms with E-state index in [9.17, 15) is 42.3 Å². The first kappa shape index (κ1) is 40.0. The van der Waals surface area contributed by atoms with Gasteiger partial charge in [0.1, 0.15) is 17.4 Å². The van der Waals surface area contributed by atoms with E-state index < -0.39 is 58.7 Å². The van der Waals surface area contributed by atoms with E-state index >= 15 is 0 Å². The molecule has 7 rings (SSSR count). The SMILES string of the molecule is CN(CCNc1cccc2c1C(=O)N(C1CCC(=O)NC1=O)C2=O)CC1CCC(c2nc3cc(C(C)(C)O)c(NC(=O)c4cccc(C(F)(F)F)n4)cc3s2)CC1. The summed E-state index contributed by atoms with van der Waals surface area (Å²) in [4.78, 5) is 75.3. The summed E-state index contributed by atoms with van der Waals surface area (Å²) >= 11 is 1.50. The van der Waals surface area contributed by atoms with Gasteiger partial charge in [-0.1, -0.05) is 12.1 Å². The van der Waals surface area contributed by atoms with Crippen LogP contribution in [0.15, 0.2) is 48.5 Å². The second kappa shape index (κ2) is 15.6. The van der Waals surface area contributed by atoms with Gasteiger partial charge in [-0.3, -0.25) is 34.2 Å². The van der Waals surface area contributed by atoms with Crippen LogP contribution in [0.3, 0.4) is 0 Å². The van der Waals surface area contributed by atoms with Crippen LogP contribution >= 0.6 is 11.3 Å². The number of anilines is 2. The fraction of sp³-hybridized carbons (Fsp3) is 0.425. The molecule has 3 aliphatic rings. The summed E-state index contributed by atoms with van der Waals surface area (Å²) in [6.07, 6.45) is -0.741. The van der Waals surface area contributed by atoms with Gasteiger partial charge >= 0.3 is 6.18 Å². The second-order valence-electron chi connectivity index (χ2n) is 15.4. The Morgan fingerprint density at radius 3 is 2.42 bits per heavy atom. The predicted octanol–water partition coefficient (Wildman–Crippen LogP) is 5.91. The Balaban J connectivity index is 0.939. The van der Waals surface area contributed by atoms with Crippen molar-refractivity contribution in [1.82, 2.24) is 25.1 Å². The number of fused-ring (bicyclic) bond motifs is 2. The number of nitrogens with one attached hydrogen (secondary N) is 3. The number of amides is 5. The van der Waals surface area contributed by atoms with Crippen LogP contribution in [0.1, 0.15) is 106 Å². The molecule has 57 heavy (non-hydrogen) atoms. The van der Waals surface area contributed by atoms with Gasteiger partial charge in [-0.05, 0) is 95.3 Å². The minimum atomic E-state index is -4.70. The summed E-state index contributed by atoms with van der Waals surface area (Å²) in [7, 11) is 2.04. The van der Waals surface area contributed by atoms with Gasteiger partial charge in [0.05, 0.1) is 32.0 Å². The van der Waals surface area contributed by atoms with Crippen molar-refractivity contribution in [3.63, 3.8) is 0 Å². The predicted molar refractivity (Wildman–Crippen MR) is 206 cm³/mol. The molecule has 1 saturated carbocycles. The molecule has 13 nitrogen and oxygen atoms in total. The number of aromatic nitrogens is 2. The summed E-state index contributed by atoms with van der Waals surface area (Å²) in [5.41, 5.74) is -0.691. The first-order valence-corrected chi connectivity index (χ1v) is 19.6. The lowest BCUT2D eigenvalue weighted by Crippen LogP contribution is -2.54. The Labute approximate surface area is 330 Å². The number of alkyl halides is 3. The van der Waals surface area contributed by atoms with Crippen LogP contribution in [0.5, 0.6) is 0 Å². The number of piperidine rings is 1. The average molecular weight is 806 g/mol. The molecule has 5 amide bonds. The number of carbonyl (C=O) groups excluding carboxylic acids is 5. The van der Waals surface area contributed by atoms with Crippen LogP contribution in [0.2, 0.25) is 0 Å². The van der Waals surface area contributed by atoms with Gasteiger partial charge in [0, 0.05) is 48.9 Å². The Morgan fingerprint density at radius 2 is 1.72 bits per heavy atom. The maximum Gasteiger partial charge on any atom is 0.433 e. The normalized spacial score (nSPS) is 20.3. The molecule has 1 saturated heterocycles. The minimum Gasteiger partial charge on any atom is -0.386 e. The van der Waals surface area contributed by atoms with E-state index in [-0.39, 0.29) is 35.6 Å². The van der Waals surface area contributed by atoms with Crippen LogP contribution < -0.4 is 16.0 Å². The van der Waals surface area contributed by atoms with Crippen molar-refractivity contribution >= 4 is 62.5 Å². The van der Waals surface area contributed by atoms with Gasteiger partial charge in [-0.15, -0.1) is 11.3 Å². The lowest BCUT2D eigenvalue weighted by Gasteiger charge is -2.30. The average Bonchev–Trinajstić information content (AvgIpc) is 3.68. The molecule has 4 heterocycles. The number of hydrogen-bond acceptors (Lipinski definition) is 11. The number of imide groups is 2. The van der Waals surface area contributed by atoms with Gasteiger partial charge < -0.3 is 20.6 Å². The molecular formula is C40H42F3N7O6S. The van der Waals surface area contributed by atoms with Crippen molar-refractivity contribution in [1.29, 1.82) is 0 Å². The molecule has 4 aromatic rings. The molecule has 2 fully saturated rings. The molecule has 4 N–H and O–H groups in total. The topological polar surface area (TPSA) is 174 Å². The number of nitrogens with zero attached hydrogens (tertiary/aromatic N) is 4. The lowest BCUT2D eigenvalue weighted by atomic mass is 9.82. The zero-order chi connectivity index (χ0) is 40.8. The lowest BCUT2D eigenvalue weighted by molar-refractivity contribution is -0.141. The number of halogens is 3. The molecule has 1 unspecified atom stereocenters. The third-order valence-corrected chi connectivity index (χ3v) is 11.9. The number of thiazole rings is 1. The number of rotatable bonds is 11. The highest BCUT2D eigenvalue weighted by Gasteiger charge is 2.45. The highest BCUT2D eigenvalue weighted by molar-refractivity contribution is 7.18. The summed E-state index contributed by atoms with van der Waals surface area (Å²) < 4.78 is 40.5. The van der Waals surface area contributed by atoms with E-state index in [1.807, 2.05) is 7.05 Å². The number of aliphatic hydroxyl groups is 1. The summed E-state index contributed by atoms with van der Waals surface area (Å²) in [5.74, 6) is -2.33. The van der Waals surface area contributed by atoms with Gasteiger partial charge in [0.25, 0.3) is 17.7 Å². The van der Waals surface area contributed by atoms with Crippen molar-refractivity contribution in [2.24, 2.45) is 5.92 Å². The standard InChI is InChI=1S/C40H42F3N7O6S/c1-39(2,56)24-18-28-30(19-27(24)46-34(52)26-8-5-9-31(45-26)40(41,42)43)57-36(47-28)22-12-10-21(11-13-22)20-49(3)17-16-44-25-7-4-6-23-33(25)38(55)50(37(23)54)29-14-15-32(51)48-35(29)53/h4-9,18-19,21-22,29,44,56H,10-17,20H2,1-3H3,(H,46,52)(H,48,51,53).